The van der Waals surface area contributed by atoms with E-state index in [1.807, 2.05) is 31.2 Å². The van der Waals surface area contributed by atoms with Gasteiger partial charge in [0.25, 0.3) is 0 Å². The molecule has 0 atom stereocenters. The van der Waals surface area contributed by atoms with Crippen molar-refractivity contribution in [3.8, 4) is 0 Å². The largest absolute Gasteiger partial charge is 0.368 e. The predicted molar refractivity (Wildman–Crippen MR) is 83.2 cm³/mol. The summed E-state index contributed by atoms with van der Waals surface area (Å²) in [6.45, 7) is 1.90. The zero-order chi connectivity index (χ0) is 15.7. The number of rotatable bonds is 2. The van der Waals surface area contributed by atoms with Crippen LogP contribution in [0.5, 0.6) is 0 Å². The molecule has 22 heavy (non-hydrogen) atoms. The van der Waals surface area contributed by atoms with Crippen LogP contribution in [0, 0.1) is 12.7 Å². The highest BCUT2D eigenvalue weighted by molar-refractivity contribution is 6.34. The fraction of sp³-hybridized carbons (Fsp3) is 0.0588. The number of aryl methyl sites for hydroxylation is 1. The van der Waals surface area contributed by atoms with Gasteiger partial charge in [-0.05, 0) is 30.7 Å². The quantitative estimate of drug-likeness (QED) is 0.617. The first-order valence-electron chi connectivity index (χ1n) is 6.59. The van der Waals surface area contributed by atoms with Gasteiger partial charge in [-0.2, -0.15) is 0 Å². The summed E-state index contributed by atoms with van der Waals surface area (Å²) in [7, 11) is 0. The van der Waals surface area contributed by atoms with E-state index in [1.54, 1.807) is 6.07 Å². The predicted octanol–water partition coefficient (Wildman–Crippen LogP) is 4.13. The molecular formula is C17H11ClFNO2. The van der Waals surface area contributed by atoms with Gasteiger partial charge in [0, 0.05) is 11.1 Å². The maximum atomic E-state index is 13.9. The minimum atomic E-state index is -0.627. The minimum Gasteiger partial charge on any atom is -0.312 e. The van der Waals surface area contributed by atoms with E-state index in [4.69, 9.17) is 16.4 Å². The zero-order valence-electron chi connectivity index (χ0n) is 11.6. The number of carbonyl (C=O) groups excluding carboxylic acids is 1. The molecule has 0 N–H and O–H groups in total. The van der Waals surface area contributed by atoms with E-state index in [0.717, 1.165) is 11.1 Å². The fourth-order valence-electron chi connectivity index (χ4n) is 2.24. The highest BCUT2D eigenvalue weighted by Crippen LogP contribution is 2.27. The molecule has 0 fully saturated rings. The van der Waals surface area contributed by atoms with Crippen molar-refractivity contribution in [1.82, 2.24) is 0 Å². The van der Waals surface area contributed by atoms with Gasteiger partial charge in [-0.1, -0.05) is 47.1 Å². The van der Waals surface area contributed by atoms with Gasteiger partial charge in [0.2, 0.25) is 0 Å². The minimum absolute atomic E-state index is 0.138. The van der Waals surface area contributed by atoms with Crippen LogP contribution >= 0.6 is 11.6 Å². The molecule has 0 amide bonds. The third-order valence-corrected chi connectivity index (χ3v) is 3.71. The summed E-state index contributed by atoms with van der Waals surface area (Å²) >= 11 is 6.00. The summed E-state index contributed by atoms with van der Waals surface area (Å²) in [5.74, 6) is -1.14. The number of hydrogen-bond acceptors (Lipinski definition) is 3. The Morgan fingerprint density at radius 1 is 1.18 bits per heavy atom. The van der Waals surface area contributed by atoms with Gasteiger partial charge in [0.15, 0.2) is 0 Å². The van der Waals surface area contributed by atoms with Gasteiger partial charge < -0.3 is 4.84 Å². The molecule has 0 aromatic heterocycles. The van der Waals surface area contributed by atoms with Crippen LogP contribution in [-0.2, 0) is 9.63 Å². The number of benzene rings is 2. The van der Waals surface area contributed by atoms with Gasteiger partial charge in [-0.3, -0.25) is 0 Å². The first kappa shape index (κ1) is 14.5. The third-order valence-electron chi connectivity index (χ3n) is 3.38. The smallest absolute Gasteiger partial charge is 0.312 e. The summed E-state index contributed by atoms with van der Waals surface area (Å²) in [5, 5.41) is 4.04. The first-order chi connectivity index (χ1) is 10.6. The van der Waals surface area contributed by atoms with Crippen LogP contribution in [0.4, 0.5) is 4.39 Å². The van der Waals surface area contributed by atoms with E-state index < -0.39 is 11.8 Å². The fourth-order valence-corrected chi connectivity index (χ4v) is 2.45. The molecular weight excluding hydrogens is 305 g/mol. The summed E-state index contributed by atoms with van der Waals surface area (Å²) in [5.41, 5.74) is 2.39. The van der Waals surface area contributed by atoms with Crippen LogP contribution in [0.25, 0.3) is 6.08 Å². The lowest BCUT2D eigenvalue weighted by atomic mass is 9.97. The van der Waals surface area contributed by atoms with Crippen LogP contribution in [0.2, 0.25) is 5.02 Å². The topological polar surface area (TPSA) is 38.7 Å². The second-order valence-corrected chi connectivity index (χ2v) is 5.23. The Labute approximate surface area is 131 Å². The van der Waals surface area contributed by atoms with E-state index in [9.17, 15) is 9.18 Å². The molecule has 1 heterocycles. The highest BCUT2D eigenvalue weighted by Gasteiger charge is 2.28. The molecule has 110 valence electrons. The average molecular weight is 316 g/mol. The number of hydrogen-bond donors (Lipinski definition) is 0. The number of oxime groups is 1. The van der Waals surface area contributed by atoms with Crippen molar-refractivity contribution in [2.45, 2.75) is 6.92 Å². The van der Waals surface area contributed by atoms with Gasteiger partial charge in [0.05, 0.1) is 10.6 Å². The molecule has 0 saturated carbocycles. The Balaban J connectivity index is 2.13. The van der Waals surface area contributed by atoms with Gasteiger partial charge >= 0.3 is 5.97 Å². The molecule has 0 bridgehead atoms. The molecule has 0 aliphatic carbocycles. The van der Waals surface area contributed by atoms with Crippen LogP contribution < -0.4 is 0 Å². The van der Waals surface area contributed by atoms with E-state index in [1.165, 1.54) is 18.2 Å². The summed E-state index contributed by atoms with van der Waals surface area (Å²) < 4.78 is 13.9. The van der Waals surface area contributed by atoms with Crippen LogP contribution in [-0.4, -0.2) is 11.7 Å². The molecule has 0 radical (unpaired) electrons. The monoisotopic (exact) mass is 315 g/mol. The first-order valence-corrected chi connectivity index (χ1v) is 6.97. The van der Waals surface area contributed by atoms with Crippen molar-refractivity contribution in [3.63, 3.8) is 0 Å². The van der Waals surface area contributed by atoms with Gasteiger partial charge in [-0.25, -0.2) is 9.18 Å². The van der Waals surface area contributed by atoms with E-state index >= 15 is 0 Å². The zero-order valence-corrected chi connectivity index (χ0v) is 12.4. The standard InChI is InChI=1S/C17H11ClFNO2/c1-10-5-2-3-6-11(10)16-13(17(21)22-20-16)9-12-14(18)7-4-8-15(12)19/h2-9H,1H3. The van der Waals surface area contributed by atoms with Crippen molar-refractivity contribution < 1.29 is 14.0 Å². The molecule has 0 spiro atoms. The molecule has 1 aliphatic rings. The summed E-state index contributed by atoms with van der Waals surface area (Å²) in [6, 6.07) is 11.8. The van der Waals surface area contributed by atoms with Crippen molar-refractivity contribution in [3.05, 3.63) is 75.6 Å². The number of nitrogens with zero attached hydrogens (tertiary/aromatic N) is 1. The molecule has 0 saturated heterocycles. The number of carbonyl (C=O) groups is 1. The van der Waals surface area contributed by atoms with Crippen molar-refractivity contribution in [1.29, 1.82) is 0 Å². The lowest BCUT2D eigenvalue weighted by Gasteiger charge is -2.05. The van der Waals surface area contributed by atoms with Gasteiger partial charge in [0.1, 0.15) is 11.5 Å². The van der Waals surface area contributed by atoms with Crippen molar-refractivity contribution >= 4 is 29.4 Å². The lowest BCUT2D eigenvalue weighted by Crippen LogP contribution is -2.08. The third kappa shape index (κ3) is 2.53. The number of halogens is 2. The van der Waals surface area contributed by atoms with Crippen LogP contribution in [0.15, 0.2) is 53.2 Å². The molecule has 5 heteroatoms. The molecule has 3 nitrogen and oxygen atoms in total. The molecule has 0 unspecified atom stereocenters. The average Bonchev–Trinajstić information content (AvgIpc) is 2.85. The van der Waals surface area contributed by atoms with Crippen LogP contribution in [0.1, 0.15) is 16.7 Å². The summed E-state index contributed by atoms with van der Waals surface area (Å²) in [6.07, 6.45) is 1.37. The maximum absolute atomic E-state index is 13.9. The Hall–Kier alpha value is -2.46. The Kier molecular flexibility index (Phi) is 3.77. The SMILES string of the molecule is Cc1ccccc1C1=NOC(=O)C1=Cc1c(F)cccc1Cl. The van der Waals surface area contributed by atoms with Crippen molar-refractivity contribution in [2.24, 2.45) is 5.16 Å². The molecule has 1 aliphatic heterocycles. The molecule has 2 aromatic carbocycles. The van der Waals surface area contributed by atoms with E-state index in [0.29, 0.717) is 5.71 Å². The van der Waals surface area contributed by atoms with E-state index in [-0.39, 0.29) is 16.2 Å². The second-order valence-electron chi connectivity index (χ2n) is 4.83. The normalized spacial score (nSPS) is 15.9. The van der Waals surface area contributed by atoms with Crippen LogP contribution in [0.3, 0.4) is 0 Å². The van der Waals surface area contributed by atoms with E-state index in [2.05, 4.69) is 5.16 Å². The highest BCUT2D eigenvalue weighted by atomic mass is 35.5. The molecule has 3 rings (SSSR count). The van der Waals surface area contributed by atoms with Gasteiger partial charge in [-0.15, -0.1) is 0 Å². The Morgan fingerprint density at radius 2 is 1.95 bits per heavy atom. The summed E-state index contributed by atoms with van der Waals surface area (Å²) in [4.78, 5) is 16.7. The lowest BCUT2D eigenvalue weighted by molar-refractivity contribution is -0.136. The molecule has 2 aromatic rings. The maximum Gasteiger partial charge on any atom is 0.368 e. The Bertz CT molecular complexity index is 807. The Morgan fingerprint density at radius 3 is 2.68 bits per heavy atom. The van der Waals surface area contributed by atoms with Crippen molar-refractivity contribution in [2.75, 3.05) is 0 Å². The second kappa shape index (κ2) is 5.73.